The van der Waals surface area contributed by atoms with Gasteiger partial charge in [0.25, 0.3) is 0 Å². The van der Waals surface area contributed by atoms with E-state index < -0.39 is 26.8 Å². The van der Waals surface area contributed by atoms with Crippen LogP contribution in [0.2, 0.25) is 0 Å². The van der Waals surface area contributed by atoms with E-state index in [1.807, 2.05) is 0 Å². The minimum Gasteiger partial charge on any atom is -0.468 e. The molecule has 1 heterocycles. The highest BCUT2D eigenvalue weighted by Gasteiger charge is 2.47. The van der Waals surface area contributed by atoms with Crippen molar-refractivity contribution in [1.29, 1.82) is 0 Å². The van der Waals surface area contributed by atoms with Gasteiger partial charge in [0.2, 0.25) is 10.0 Å². The number of aliphatic hydroxyl groups is 1. The van der Waals surface area contributed by atoms with Crippen molar-refractivity contribution >= 4 is 16.0 Å². The van der Waals surface area contributed by atoms with Gasteiger partial charge < -0.3 is 9.84 Å². The molecule has 1 unspecified atom stereocenters. The first kappa shape index (κ1) is 12.4. The SMILES string of the molecule is COC(=O)C(C)S(=O)(=O)N1CC(C)(O)C1. The Morgan fingerprint density at radius 2 is 2.00 bits per heavy atom. The highest BCUT2D eigenvalue weighted by molar-refractivity contribution is 7.90. The first-order valence-electron chi connectivity index (χ1n) is 4.50. The van der Waals surface area contributed by atoms with Gasteiger partial charge in [0.05, 0.1) is 12.7 Å². The molecule has 7 heteroatoms. The van der Waals surface area contributed by atoms with E-state index in [0.717, 1.165) is 11.4 Å². The number of ether oxygens (including phenoxy) is 1. The summed E-state index contributed by atoms with van der Waals surface area (Å²) >= 11 is 0. The Hall–Kier alpha value is -0.660. The van der Waals surface area contributed by atoms with Crippen LogP contribution in [0, 0.1) is 0 Å². The van der Waals surface area contributed by atoms with Gasteiger partial charge in [-0.15, -0.1) is 0 Å². The van der Waals surface area contributed by atoms with Gasteiger partial charge in [0.15, 0.2) is 5.25 Å². The quantitative estimate of drug-likeness (QED) is 0.633. The molecule has 0 spiro atoms. The van der Waals surface area contributed by atoms with Crippen LogP contribution in [-0.4, -0.2) is 54.8 Å². The van der Waals surface area contributed by atoms with Crippen molar-refractivity contribution in [2.24, 2.45) is 0 Å². The molecule has 88 valence electrons. The van der Waals surface area contributed by atoms with Crippen molar-refractivity contribution in [2.75, 3.05) is 20.2 Å². The zero-order valence-electron chi connectivity index (χ0n) is 8.93. The summed E-state index contributed by atoms with van der Waals surface area (Å²) in [5, 5.41) is 8.18. The molecule has 1 atom stereocenters. The Labute approximate surface area is 88.9 Å². The minimum atomic E-state index is -3.69. The lowest BCUT2D eigenvalue weighted by Gasteiger charge is -2.43. The van der Waals surface area contributed by atoms with Crippen molar-refractivity contribution in [2.45, 2.75) is 24.7 Å². The average molecular weight is 237 g/mol. The van der Waals surface area contributed by atoms with Crippen LogP contribution in [0.5, 0.6) is 0 Å². The topological polar surface area (TPSA) is 83.9 Å². The fraction of sp³-hybridized carbons (Fsp3) is 0.875. The van der Waals surface area contributed by atoms with Crippen LogP contribution in [0.3, 0.4) is 0 Å². The second kappa shape index (κ2) is 3.73. The Kier molecular flexibility index (Phi) is 3.09. The smallest absolute Gasteiger partial charge is 0.325 e. The zero-order valence-corrected chi connectivity index (χ0v) is 9.74. The van der Waals surface area contributed by atoms with E-state index >= 15 is 0 Å². The lowest BCUT2D eigenvalue weighted by atomic mass is 10.0. The number of hydrogen-bond donors (Lipinski definition) is 1. The van der Waals surface area contributed by atoms with Gasteiger partial charge in [0.1, 0.15) is 0 Å². The molecule has 1 fully saturated rings. The minimum absolute atomic E-state index is 0.0245. The molecule has 0 aromatic rings. The first-order valence-corrected chi connectivity index (χ1v) is 6.00. The molecule has 0 aromatic heterocycles. The Morgan fingerprint density at radius 1 is 1.53 bits per heavy atom. The summed E-state index contributed by atoms with van der Waals surface area (Å²) in [5.41, 5.74) is -0.983. The molecule has 0 aromatic carbocycles. The van der Waals surface area contributed by atoms with Crippen LogP contribution in [0.1, 0.15) is 13.8 Å². The highest BCUT2D eigenvalue weighted by atomic mass is 32.2. The summed E-state index contributed by atoms with van der Waals surface area (Å²) in [4.78, 5) is 11.1. The normalized spacial score (nSPS) is 22.9. The second-order valence-corrected chi connectivity index (χ2v) is 6.23. The van der Waals surface area contributed by atoms with Crippen molar-refractivity contribution < 1.29 is 23.1 Å². The van der Waals surface area contributed by atoms with Crippen molar-refractivity contribution in [3.05, 3.63) is 0 Å². The van der Waals surface area contributed by atoms with E-state index in [1.54, 1.807) is 6.92 Å². The number of carbonyl (C=O) groups excluding carboxylic acids is 1. The lowest BCUT2D eigenvalue weighted by Crippen LogP contribution is -2.63. The van der Waals surface area contributed by atoms with Gasteiger partial charge in [-0.2, -0.15) is 4.31 Å². The van der Waals surface area contributed by atoms with E-state index in [9.17, 15) is 18.3 Å². The van der Waals surface area contributed by atoms with E-state index in [0.29, 0.717) is 0 Å². The number of methoxy groups -OCH3 is 1. The Bertz CT molecular complexity index is 353. The van der Waals surface area contributed by atoms with Gasteiger partial charge >= 0.3 is 5.97 Å². The van der Waals surface area contributed by atoms with E-state index in [-0.39, 0.29) is 13.1 Å². The molecule has 1 N–H and O–H groups in total. The number of rotatable bonds is 3. The number of sulfonamides is 1. The Balaban J connectivity index is 2.73. The van der Waals surface area contributed by atoms with Crippen LogP contribution in [-0.2, 0) is 19.6 Å². The first-order chi connectivity index (χ1) is 6.70. The maximum atomic E-state index is 11.7. The number of carbonyl (C=O) groups is 1. The predicted octanol–water partition coefficient (Wildman–Crippen LogP) is -1.06. The predicted molar refractivity (Wildman–Crippen MR) is 52.6 cm³/mol. The molecular weight excluding hydrogens is 222 g/mol. The maximum Gasteiger partial charge on any atom is 0.325 e. The fourth-order valence-corrected chi connectivity index (χ4v) is 3.11. The molecule has 1 aliphatic heterocycles. The number of esters is 1. The number of β-amino-alcohol motifs (C(OH)–C–C–N with tert-alkyl or cyclic N) is 1. The Morgan fingerprint density at radius 3 is 2.33 bits per heavy atom. The third-order valence-corrected chi connectivity index (χ3v) is 4.44. The van der Waals surface area contributed by atoms with Crippen molar-refractivity contribution in [3.63, 3.8) is 0 Å². The second-order valence-electron chi connectivity index (χ2n) is 3.98. The third kappa shape index (κ3) is 2.30. The highest BCUT2D eigenvalue weighted by Crippen LogP contribution is 2.25. The van der Waals surface area contributed by atoms with Gasteiger partial charge in [0, 0.05) is 13.1 Å². The molecule has 0 aliphatic carbocycles. The summed E-state index contributed by atoms with van der Waals surface area (Å²) in [5.74, 6) is -0.790. The van der Waals surface area contributed by atoms with E-state index in [2.05, 4.69) is 4.74 Å². The molecule has 0 saturated carbocycles. The summed E-state index contributed by atoms with van der Waals surface area (Å²) < 4.78 is 28.9. The van der Waals surface area contributed by atoms with Crippen LogP contribution < -0.4 is 0 Å². The molecule has 1 aliphatic rings. The zero-order chi connectivity index (χ0) is 11.9. The molecule has 0 amide bonds. The molecule has 15 heavy (non-hydrogen) atoms. The van der Waals surface area contributed by atoms with E-state index in [1.165, 1.54) is 6.92 Å². The molecule has 1 rings (SSSR count). The van der Waals surface area contributed by atoms with Gasteiger partial charge in [-0.1, -0.05) is 0 Å². The molecular formula is C8H15NO5S. The summed E-state index contributed by atoms with van der Waals surface area (Å²) in [6, 6.07) is 0. The average Bonchev–Trinajstić information content (AvgIpc) is 2.11. The number of nitrogens with zero attached hydrogens (tertiary/aromatic N) is 1. The van der Waals surface area contributed by atoms with Crippen LogP contribution in [0.4, 0.5) is 0 Å². The molecule has 0 radical (unpaired) electrons. The van der Waals surface area contributed by atoms with Crippen LogP contribution in [0.25, 0.3) is 0 Å². The van der Waals surface area contributed by atoms with E-state index in [4.69, 9.17) is 0 Å². The third-order valence-electron chi connectivity index (χ3n) is 2.37. The monoisotopic (exact) mass is 237 g/mol. The summed E-state index contributed by atoms with van der Waals surface area (Å²) in [7, 11) is -2.55. The number of hydrogen-bond acceptors (Lipinski definition) is 5. The maximum absolute atomic E-state index is 11.7. The van der Waals surface area contributed by atoms with Crippen molar-refractivity contribution in [1.82, 2.24) is 4.31 Å². The van der Waals surface area contributed by atoms with Gasteiger partial charge in [-0.3, -0.25) is 4.79 Å². The fourth-order valence-electron chi connectivity index (χ4n) is 1.40. The van der Waals surface area contributed by atoms with Gasteiger partial charge in [-0.05, 0) is 13.8 Å². The molecule has 1 saturated heterocycles. The standard InChI is InChI=1S/C8H15NO5S/c1-6(7(10)14-3)15(12,13)9-4-8(2,11)5-9/h6,11H,4-5H2,1-3H3. The molecule has 0 bridgehead atoms. The van der Waals surface area contributed by atoms with Gasteiger partial charge in [-0.25, -0.2) is 8.42 Å². The lowest BCUT2D eigenvalue weighted by molar-refractivity contribution is -0.140. The van der Waals surface area contributed by atoms with Crippen LogP contribution in [0.15, 0.2) is 0 Å². The largest absolute Gasteiger partial charge is 0.468 e. The summed E-state index contributed by atoms with van der Waals surface area (Å²) in [6.45, 7) is 2.86. The van der Waals surface area contributed by atoms with Crippen molar-refractivity contribution in [3.8, 4) is 0 Å². The van der Waals surface area contributed by atoms with Crippen LogP contribution >= 0.6 is 0 Å². The summed E-state index contributed by atoms with van der Waals surface area (Å²) in [6.07, 6.45) is 0. The molecule has 6 nitrogen and oxygen atoms in total.